The minimum atomic E-state index is -0.825. The predicted octanol–water partition coefficient (Wildman–Crippen LogP) is 4.04. The van der Waals surface area contributed by atoms with E-state index in [0.29, 0.717) is 29.6 Å². The zero-order valence-electron chi connectivity index (χ0n) is 15.1. The van der Waals surface area contributed by atoms with Crippen molar-refractivity contribution >= 4 is 17.6 Å². The van der Waals surface area contributed by atoms with Gasteiger partial charge in [-0.05, 0) is 56.2 Å². The van der Waals surface area contributed by atoms with Crippen molar-refractivity contribution in [1.82, 2.24) is 15.0 Å². The highest BCUT2D eigenvalue weighted by molar-refractivity contribution is 5.67. The Morgan fingerprint density at radius 1 is 1.07 bits per heavy atom. The van der Waals surface area contributed by atoms with E-state index in [9.17, 15) is 4.79 Å². The van der Waals surface area contributed by atoms with Crippen LogP contribution in [0.5, 0.6) is 11.5 Å². The van der Waals surface area contributed by atoms with Crippen molar-refractivity contribution in [3.63, 3.8) is 0 Å². The molecule has 0 bridgehead atoms. The van der Waals surface area contributed by atoms with Gasteiger partial charge in [0.15, 0.2) is 0 Å². The normalized spacial score (nSPS) is 10.4. The Hall–Kier alpha value is -3.48. The largest absolute Gasteiger partial charge is 0.481 e. The Labute approximate surface area is 157 Å². The van der Waals surface area contributed by atoms with Crippen molar-refractivity contribution in [3.8, 4) is 11.5 Å². The van der Waals surface area contributed by atoms with Gasteiger partial charge in [-0.1, -0.05) is 0 Å². The number of carbonyl (C=O) groups is 1. The Morgan fingerprint density at radius 2 is 1.81 bits per heavy atom. The lowest BCUT2D eigenvalue weighted by molar-refractivity contribution is -0.136. The molecule has 3 heterocycles. The van der Waals surface area contributed by atoms with Crippen LogP contribution in [0.4, 0.5) is 11.6 Å². The van der Waals surface area contributed by atoms with E-state index in [1.165, 1.54) is 0 Å². The summed E-state index contributed by atoms with van der Waals surface area (Å²) in [5, 5.41) is 11.9. The third kappa shape index (κ3) is 5.24. The number of hydrogen-bond acceptors (Lipinski definition) is 6. The number of nitrogens with one attached hydrogen (secondary N) is 1. The van der Waals surface area contributed by atoms with Crippen molar-refractivity contribution in [1.29, 1.82) is 0 Å². The zero-order valence-corrected chi connectivity index (χ0v) is 15.1. The van der Waals surface area contributed by atoms with Crippen molar-refractivity contribution in [2.24, 2.45) is 0 Å². The van der Waals surface area contributed by atoms with Crippen LogP contribution < -0.4 is 10.1 Å². The molecule has 27 heavy (non-hydrogen) atoms. The van der Waals surface area contributed by atoms with Gasteiger partial charge in [-0.15, -0.1) is 0 Å². The number of rotatable bonds is 7. The molecule has 3 rings (SSSR count). The zero-order chi connectivity index (χ0) is 19.2. The van der Waals surface area contributed by atoms with E-state index in [-0.39, 0.29) is 6.42 Å². The molecule has 0 unspecified atom stereocenters. The van der Waals surface area contributed by atoms with Gasteiger partial charge < -0.3 is 15.2 Å². The number of pyridine rings is 3. The van der Waals surface area contributed by atoms with Gasteiger partial charge in [0.2, 0.25) is 0 Å². The standard InChI is InChI=1S/C20H20N4O3/c1-13-3-5-17(14(2)23-13)27-16-8-10-22-19(12-16)24-18-11-15(7-9-21-18)4-6-20(25)26/h3,5,7-12H,4,6H2,1-2H3,(H,25,26)(H,21,22,24). The number of aliphatic carboxylic acids is 1. The molecule has 7 nitrogen and oxygen atoms in total. The average molecular weight is 364 g/mol. The second-order valence-electron chi connectivity index (χ2n) is 6.08. The monoisotopic (exact) mass is 364 g/mol. The smallest absolute Gasteiger partial charge is 0.303 e. The number of nitrogens with zero attached hydrogens (tertiary/aromatic N) is 3. The van der Waals surface area contributed by atoms with Crippen LogP contribution in [-0.2, 0) is 11.2 Å². The summed E-state index contributed by atoms with van der Waals surface area (Å²) in [4.78, 5) is 23.6. The topological polar surface area (TPSA) is 97.2 Å². The average Bonchev–Trinajstić information content (AvgIpc) is 2.63. The van der Waals surface area contributed by atoms with Gasteiger partial charge in [0.25, 0.3) is 0 Å². The maximum Gasteiger partial charge on any atom is 0.303 e. The SMILES string of the molecule is Cc1ccc(Oc2ccnc(Nc3cc(CCC(=O)O)ccn3)c2)c(C)n1. The maximum atomic E-state index is 10.7. The molecule has 3 aromatic rings. The van der Waals surface area contributed by atoms with Gasteiger partial charge in [0.05, 0.1) is 5.69 Å². The molecule has 0 atom stereocenters. The summed E-state index contributed by atoms with van der Waals surface area (Å²) in [5.74, 6) is 1.66. The first-order valence-corrected chi connectivity index (χ1v) is 8.51. The van der Waals surface area contributed by atoms with Crippen LogP contribution in [0.2, 0.25) is 0 Å². The van der Waals surface area contributed by atoms with E-state index in [1.807, 2.05) is 32.0 Å². The van der Waals surface area contributed by atoms with Crippen molar-refractivity contribution in [2.75, 3.05) is 5.32 Å². The van der Waals surface area contributed by atoms with Crippen molar-refractivity contribution in [2.45, 2.75) is 26.7 Å². The minimum Gasteiger partial charge on any atom is -0.481 e. The summed E-state index contributed by atoms with van der Waals surface area (Å²) in [7, 11) is 0. The van der Waals surface area contributed by atoms with Crippen LogP contribution in [0.15, 0.2) is 48.8 Å². The summed E-state index contributed by atoms with van der Waals surface area (Å²) in [6.45, 7) is 3.83. The fraction of sp³-hybridized carbons (Fsp3) is 0.200. The van der Waals surface area contributed by atoms with Crippen molar-refractivity contribution < 1.29 is 14.6 Å². The predicted molar refractivity (Wildman–Crippen MR) is 101 cm³/mol. The first-order chi connectivity index (χ1) is 13.0. The first kappa shape index (κ1) is 18.3. The summed E-state index contributed by atoms with van der Waals surface area (Å²) in [6.07, 6.45) is 3.81. The summed E-state index contributed by atoms with van der Waals surface area (Å²) < 4.78 is 5.90. The van der Waals surface area contributed by atoms with Crippen LogP contribution in [0, 0.1) is 13.8 Å². The van der Waals surface area contributed by atoms with Gasteiger partial charge >= 0.3 is 5.97 Å². The maximum absolute atomic E-state index is 10.7. The highest BCUT2D eigenvalue weighted by Crippen LogP contribution is 2.26. The van der Waals surface area contributed by atoms with Gasteiger partial charge in [0.1, 0.15) is 23.1 Å². The molecule has 0 spiro atoms. The second-order valence-corrected chi connectivity index (χ2v) is 6.08. The lowest BCUT2D eigenvalue weighted by Crippen LogP contribution is -2.00. The summed E-state index contributed by atoms with van der Waals surface area (Å²) >= 11 is 0. The van der Waals surface area contributed by atoms with Crippen LogP contribution >= 0.6 is 0 Å². The first-order valence-electron chi connectivity index (χ1n) is 8.51. The highest BCUT2D eigenvalue weighted by atomic mass is 16.5. The minimum absolute atomic E-state index is 0.0783. The molecule has 7 heteroatoms. The molecule has 0 aliphatic carbocycles. The van der Waals surface area contributed by atoms with Crippen molar-refractivity contribution in [3.05, 3.63) is 65.7 Å². The van der Waals surface area contributed by atoms with E-state index < -0.39 is 5.97 Å². The quantitative estimate of drug-likeness (QED) is 0.653. The lowest BCUT2D eigenvalue weighted by atomic mass is 10.1. The highest BCUT2D eigenvalue weighted by Gasteiger charge is 2.06. The Balaban J connectivity index is 1.72. The molecule has 2 N–H and O–H groups in total. The fourth-order valence-corrected chi connectivity index (χ4v) is 2.53. The number of aromatic nitrogens is 3. The van der Waals surface area contributed by atoms with Crippen LogP contribution in [-0.4, -0.2) is 26.0 Å². The van der Waals surface area contributed by atoms with Crippen LogP contribution in [0.25, 0.3) is 0 Å². The molecule has 0 radical (unpaired) electrons. The third-order valence-electron chi connectivity index (χ3n) is 3.84. The Morgan fingerprint density at radius 3 is 2.56 bits per heavy atom. The number of carboxylic acids is 1. The van der Waals surface area contributed by atoms with Gasteiger partial charge in [-0.2, -0.15) is 0 Å². The van der Waals surface area contributed by atoms with Crippen LogP contribution in [0.1, 0.15) is 23.4 Å². The molecule has 0 fully saturated rings. The van der Waals surface area contributed by atoms with E-state index in [1.54, 1.807) is 30.6 Å². The van der Waals surface area contributed by atoms with Crippen LogP contribution in [0.3, 0.4) is 0 Å². The van der Waals surface area contributed by atoms with E-state index in [0.717, 1.165) is 17.0 Å². The molecule has 3 aromatic heterocycles. The van der Waals surface area contributed by atoms with Gasteiger partial charge in [0, 0.05) is 30.6 Å². The number of aryl methyl sites for hydroxylation is 3. The van der Waals surface area contributed by atoms with Gasteiger partial charge in [-0.25, -0.2) is 9.97 Å². The molecular formula is C20H20N4O3. The number of hydrogen-bond donors (Lipinski definition) is 2. The molecule has 0 aliphatic heterocycles. The van der Waals surface area contributed by atoms with E-state index in [2.05, 4.69) is 20.3 Å². The number of anilines is 2. The number of ether oxygens (including phenoxy) is 1. The molecular weight excluding hydrogens is 344 g/mol. The molecule has 0 aliphatic rings. The molecule has 0 amide bonds. The molecule has 0 aromatic carbocycles. The van der Waals surface area contributed by atoms with Gasteiger partial charge in [-0.3, -0.25) is 9.78 Å². The molecule has 0 saturated heterocycles. The lowest BCUT2D eigenvalue weighted by Gasteiger charge is -2.10. The van der Waals surface area contributed by atoms with E-state index in [4.69, 9.17) is 9.84 Å². The molecule has 0 saturated carbocycles. The van der Waals surface area contributed by atoms with E-state index >= 15 is 0 Å². The Kier molecular flexibility index (Phi) is 5.61. The summed E-state index contributed by atoms with van der Waals surface area (Å²) in [5.41, 5.74) is 2.64. The molecule has 138 valence electrons. The second kappa shape index (κ2) is 8.27. The third-order valence-corrected chi connectivity index (χ3v) is 3.84. The summed E-state index contributed by atoms with van der Waals surface area (Å²) in [6, 6.07) is 10.9. The fourth-order valence-electron chi connectivity index (χ4n) is 2.53. The number of carboxylic acid groups (broad SMARTS) is 1. The Bertz CT molecular complexity index is 959.